The Hall–Kier alpha value is -2.53. The third-order valence-corrected chi connectivity index (χ3v) is 11.3. The molecule has 0 aromatic heterocycles. The molecule has 0 spiro atoms. The number of ether oxygens (including phenoxy) is 2. The summed E-state index contributed by atoms with van der Waals surface area (Å²) in [5.74, 6) is -0.175. The Morgan fingerprint density at radius 2 is 1.80 bits per heavy atom. The molecule has 2 heterocycles. The number of halogens is 6. The molecule has 0 radical (unpaired) electrons. The zero-order valence-electron chi connectivity index (χ0n) is 27.9. The van der Waals surface area contributed by atoms with Crippen LogP contribution in [-0.2, 0) is 22.4 Å². The van der Waals surface area contributed by atoms with Crippen LogP contribution in [0.1, 0.15) is 50.3 Å². The molecule has 2 unspecified atom stereocenters. The maximum absolute atomic E-state index is 14.3. The summed E-state index contributed by atoms with van der Waals surface area (Å²) >= 11 is 28.3. The van der Waals surface area contributed by atoms with Crippen LogP contribution in [0, 0.1) is 5.82 Å². The van der Waals surface area contributed by atoms with Crippen LogP contribution in [0.25, 0.3) is 5.57 Å². The SMILES string of the molecule is CC(Cc1ccccc1Cl)NC(=O)C1=C(c2ccc(CCCOc3cc(F)ccc3Br)cc2)CC2CNC[C@H]1N2C(=O)OC(C)(C)C(Cl)(Cl)Cl. The van der Waals surface area contributed by atoms with Crippen LogP contribution in [0.15, 0.2) is 76.8 Å². The van der Waals surface area contributed by atoms with E-state index in [1.807, 2.05) is 55.5 Å². The number of amides is 2. The van der Waals surface area contributed by atoms with Crippen LogP contribution < -0.4 is 15.4 Å². The quantitative estimate of drug-likeness (QED) is 0.149. The summed E-state index contributed by atoms with van der Waals surface area (Å²) in [5.41, 5.74) is 2.81. The lowest BCUT2D eigenvalue weighted by atomic mass is 9.82. The topological polar surface area (TPSA) is 79.9 Å². The van der Waals surface area contributed by atoms with Gasteiger partial charge in [-0.05, 0) is 103 Å². The van der Waals surface area contributed by atoms with E-state index >= 15 is 0 Å². The van der Waals surface area contributed by atoms with Gasteiger partial charge >= 0.3 is 6.09 Å². The lowest BCUT2D eigenvalue weighted by Crippen LogP contribution is -2.64. The fourth-order valence-corrected chi connectivity index (χ4v) is 6.92. The minimum absolute atomic E-state index is 0.258. The average molecular weight is 830 g/mol. The average Bonchev–Trinajstić information content (AvgIpc) is 3.04. The normalized spacial score (nSPS) is 18.5. The first-order valence-electron chi connectivity index (χ1n) is 16.4. The van der Waals surface area contributed by atoms with E-state index in [9.17, 15) is 14.0 Å². The Morgan fingerprint density at radius 1 is 1.08 bits per heavy atom. The second kappa shape index (κ2) is 16.4. The van der Waals surface area contributed by atoms with Gasteiger partial charge < -0.3 is 20.1 Å². The molecule has 2 N–H and O–H groups in total. The highest BCUT2D eigenvalue weighted by atomic mass is 79.9. The Labute approximate surface area is 320 Å². The highest BCUT2D eigenvalue weighted by Gasteiger charge is 2.49. The number of piperazine rings is 1. The Bertz CT molecular complexity index is 1730. The monoisotopic (exact) mass is 827 g/mol. The van der Waals surface area contributed by atoms with Crippen LogP contribution in [0.3, 0.4) is 0 Å². The number of hydrogen-bond acceptors (Lipinski definition) is 5. The number of benzene rings is 3. The maximum Gasteiger partial charge on any atom is 0.411 e. The molecule has 50 heavy (non-hydrogen) atoms. The molecular formula is C37H39BrCl4FN3O4. The molecule has 2 aliphatic rings. The van der Waals surface area contributed by atoms with Crippen molar-refractivity contribution in [2.45, 2.75) is 74.0 Å². The summed E-state index contributed by atoms with van der Waals surface area (Å²) in [6.45, 7) is 6.26. The molecule has 7 nitrogen and oxygen atoms in total. The molecule has 3 aromatic rings. The van der Waals surface area contributed by atoms with Crippen molar-refractivity contribution in [1.82, 2.24) is 15.5 Å². The second-order valence-electron chi connectivity index (χ2n) is 13.1. The standard InChI is InChI=1S/C37H39BrCl4FN3O4/c1-22(17-25-8-4-5-9-30(25)39)45-34(47)33-28(19-27-20-44-21-31(33)46(27)35(48)50-36(2,3)37(40,41)42)24-12-10-23(11-13-24)7-6-16-49-32-18-26(43)14-15-29(32)38/h4-5,8-15,18,22,27,31,44H,6-7,16-17,19-21H2,1-3H3,(H,45,47)/t22?,27?,31-/m1/s1. The summed E-state index contributed by atoms with van der Waals surface area (Å²) in [6, 6.07) is 18.8. The first kappa shape index (κ1) is 38.7. The van der Waals surface area contributed by atoms with Gasteiger partial charge in [0.15, 0.2) is 5.60 Å². The number of nitrogens with zero attached hydrogens (tertiary/aromatic N) is 1. The number of carbonyl (C=O) groups is 2. The smallest absolute Gasteiger partial charge is 0.411 e. The van der Waals surface area contributed by atoms with Crippen LogP contribution >= 0.6 is 62.3 Å². The molecule has 13 heteroatoms. The minimum Gasteiger partial charge on any atom is -0.492 e. The second-order valence-corrected chi connectivity index (χ2v) is 16.6. The maximum atomic E-state index is 14.3. The lowest BCUT2D eigenvalue weighted by Gasteiger charge is -2.48. The van der Waals surface area contributed by atoms with Crippen LogP contribution in [0.4, 0.5) is 9.18 Å². The summed E-state index contributed by atoms with van der Waals surface area (Å²) in [6.07, 6.45) is 1.74. The molecule has 0 aliphatic carbocycles. The first-order chi connectivity index (χ1) is 23.6. The van der Waals surface area contributed by atoms with Gasteiger partial charge in [-0.2, -0.15) is 0 Å². The zero-order valence-corrected chi connectivity index (χ0v) is 32.5. The van der Waals surface area contributed by atoms with Gasteiger partial charge in [0.1, 0.15) is 11.6 Å². The van der Waals surface area contributed by atoms with E-state index in [-0.39, 0.29) is 23.8 Å². The van der Waals surface area contributed by atoms with Gasteiger partial charge in [-0.25, -0.2) is 9.18 Å². The van der Waals surface area contributed by atoms with Crippen molar-refractivity contribution in [2.75, 3.05) is 19.7 Å². The van der Waals surface area contributed by atoms with E-state index in [4.69, 9.17) is 55.9 Å². The molecule has 3 aromatic carbocycles. The largest absolute Gasteiger partial charge is 0.492 e. The predicted octanol–water partition coefficient (Wildman–Crippen LogP) is 9.09. The number of aryl methyl sites for hydroxylation is 1. The van der Waals surface area contributed by atoms with Crippen molar-refractivity contribution in [3.05, 3.63) is 104 Å². The molecule has 2 bridgehead atoms. The fourth-order valence-electron chi connectivity index (χ4n) is 6.23. The molecule has 268 valence electrons. The van der Waals surface area contributed by atoms with Crippen LogP contribution in [-0.4, -0.2) is 64.1 Å². The van der Waals surface area contributed by atoms with Crippen molar-refractivity contribution in [1.29, 1.82) is 0 Å². The number of carbonyl (C=O) groups excluding carboxylic acids is 2. The third kappa shape index (κ3) is 9.27. The van der Waals surface area contributed by atoms with Gasteiger partial charge in [-0.1, -0.05) is 88.9 Å². The predicted molar refractivity (Wildman–Crippen MR) is 202 cm³/mol. The Balaban J connectivity index is 1.39. The zero-order chi connectivity index (χ0) is 36.2. The van der Waals surface area contributed by atoms with Crippen molar-refractivity contribution >= 4 is 79.9 Å². The molecule has 2 aliphatic heterocycles. The van der Waals surface area contributed by atoms with Crippen LogP contribution in [0.2, 0.25) is 5.02 Å². The van der Waals surface area contributed by atoms with E-state index in [1.54, 1.807) is 11.0 Å². The van der Waals surface area contributed by atoms with Crippen molar-refractivity contribution < 1.29 is 23.5 Å². The number of rotatable bonds is 11. The molecule has 5 rings (SSSR count). The highest BCUT2D eigenvalue weighted by Crippen LogP contribution is 2.42. The molecular weight excluding hydrogens is 791 g/mol. The van der Waals surface area contributed by atoms with E-state index in [1.165, 1.54) is 26.0 Å². The van der Waals surface area contributed by atoms with Gasteiger partial charge in [0.2, 0.25) is 9.70 Å². The van der Waals surface area contributed by atoms with E-state index in [0.717, 1.165) is 35.1 Å². The van der Waals surface area contributed by atoms with Gasteiger partial charge in [0, 0.05) is 35.8 Å². The van der Waals surface area contributed by atoms with Crippen molar-refractivity contribution in [3.8, 4) is 5.75 Å². The van der Waals surface area contributed by atoms with Crippen molar-refractivity contribution in [3.63, 3.8) is 0 Å². The van der Waals surface area contributed by atoms with E-state index < -0.39 is 21.5 Å². The third-order valence-electron chi connectivity index (χ3n) is 8.95. The number of nitrogens with one attached hydrogen (secondary N) is 2. The van der Waals surface area contributed by atoms with Gasteiger partial charge in [0.05, 0.1) is 23.2 Å². The number of alkyl halides is 3. The summed E-state index contributed by atoms with van der Waals surface area (Å²) < 4.78 is 24.0. The lowest BCUT2D eigenvalue weighted by molar-refractivity contribution is -0.119. The Kier molecular flexibility index (Phi) is 12.7. The van der Waals surface area contributed by atoms with Crippen LogP contribution in [0.5, 0.6) is 5.75 Å². The fraction of sp³-hybridized carbons (Fsp3) is 0.405. The molecule has 1 saturated heterocycles. The molecule has 1 fully saturated rings. The summed E-state index contributed by atoms with van der Waals surface area (Å²) in [5, 5.41) is 7.17. The first-order valence-corrected chi connectivity index (χ1v) is 18.7. The van der Waals surface area contributed by atoms with Gasteiger partial charge in [-0.3, -0.25) is 9.69 Å². The molecule has 0 saturated carbocycles. The highest BCUT2D eigenvalue weighted by molar-refractivity contribution is 9.10. The molecule has 3 atom stereocenters. The number of fused-ring (bicyclic) bond motifs is 2. The summed E-state index contributed by atoms with van der Waals surface area (Å²) in [4.78, 5) is 29.7. The number of hydrogen-bond donors (Lipinski definition) is 2. The van der Waals surface area contributed by atoms with E-state index in [2.05, 4.69) is 26.6 Å². The Morgan fingerprint density at radius 3 is 2.50 bits per heavy atom. The molecule has 2 amide bonds. The van der Waals surface area contributed by atoms with Gasteiger partial charge in [0.25, 0.3) is 0 Å². The van der Waals surface area contributed by atoms with Gasteiger partial charge in [-0.15, -0.1) is 0 Å². The minimum atomic E-state index is -1.87. The van der Waals surface area contributed by atoms with E-state index in [0.29, 0.717) is 53.4 Å². The van der Waals surface area contributed by atoms with Crippen molar-refractivity contribution in [2.24, 2.45) is 0 Å². The summed E-state index contributed by atoms with van der Waals surface area (Å²) in [7, 11) is 0.